The molecule has 0 fully saturated rings. The summed E-state index contributed by atoms with van der Waals surface area (Å²) < 4.78 is 5.26. The smallest absolute Gasteiger partial charge is 0.216 e. The molecule has 1 N–H and O–H groups in total. The first kappa shape index (κ1) is 12.4. The van der Waals surface area contributed by atoms with Crippen molar-refractivity contribution in [2.45, 2.75) is 26.9 Å². The molecule has 1 aliphatic rings. The number of aryl methyl sites for hydroxylation is 1. The Morgan fingerprint density at radius 3 is 2.56 bits per heavy atom. The Hall–Kier alpha value is -2.10. The molecule has 18 heavy (non-hydrogen) atoms. The van der Waals surface area contributed by atoms with Crippen molar-refractivity contribution in [3.63, 3.8) is 0 Å². The van der Waals surface area contributed by atoms with Crippen LogP contribution in [0, 0.1) is 6.92 Å². The van der Waals surface area contributed by atoms with E-state index in [2.05, 4.69) is 40.4 Å². The quantitative estimate of drug-likeness (QED) is 0.701. The molecule has 0 bridgehead atoms. The predicted octanol–water partition coefficient (Wildman–Crippen LogP) is 3.32. The van der Waals surface area contributed by atoms with Gasteiger partial charge in [-0.1, -0.05) is 6.07 Å². The molecule has 1 aromatic carbocycles. The van der Waals surface area contributed by atoms with Crippen molar-refractivity contribution in [2.75, 3.05) is 5.32 Å². The van der Waals surface area contributed by atoms with Gasteiger partial charge in [0.15, 0.2) is 0 Å². The first-order valence-electron chi connectivity index (χ1n) is 5.95. The maximum Gasteiger partial charge on any atom is 0.216 e. The van der Waals surface area contributed by atoms with Gasteiger partial charge in [-0.3, -0.25) is 0 Å². The Morgan fingerprint density at radius 1 is 1.17 bits per heavy atom. The second-order valence-electron chi connectivity index (χ2n) is 4.39. The molecule has 4 nitrogen and oxygen atoms in total. The van der Waals surface area contributed by atoms with Gasteiger partial charge in [-0.05, 0) is 38.5 Å². The lowest BCUT2D eigenvalue weighted by atomic mass is 10.2. The highest BCUT2D eigenvalue weighted by atomic mass is 16.5. The van der Waals surface area contributed by atoms with Crippen molar-refractivity contribution in [1.29, 1.82) is 0 Å². The number of benzene rings is 1. The lowest BCUT2D eigenvalue weighted by molar-refractivity contribution is 0.232. The summed E-state index contributed by atoms with van der Waals surface area (Å²) in [5, 5.41) is 3.13. The van der Waals surface area contributed by atoms with Crippen molar-refractivity contribution in [2.24, 2.45) is 0 Å². The van der Waals surface area contributed by atoms with E-state index in [0.29, 0.717) is 5.88 Å². The molecule has 1 aliphatic heterocycles. The van der Waals surface area contributed by atoms with Gasteiger partial charge >= 0.3 is 0 Å². The molecule has 2 aromatic rings. The molecule has 0 unspecified atom stereocenters. The predicted molar refractivity (Wildman–Crippen MR) is 72.3 cm³/mol. The maximum absolute atomic E-state index is 5.26. The zero-order chi connectivity index (χ0) is 13.0. The van der Waals surface area contributed by atoms with Gasteiger partial charge in [-0.25, -0.2) is 9.97 Å². The van der Waals surface area contributed by atoms with Gasteiger partial charge in [0.25, 0.3) is 0 Å². The van der Waals surface area contributed by atoms with Gasteiger partial charge in [0.1, 0.15) is 6.33 Å². The number of aromatic nitrogens is 2. The SMILES string of the molecule is CC(C)Oc1ccncn1.Cc1ccc2c(c1)N2. The fourth-order valence-electron chi connectivity index (χ4n) is 1.44. The first-order chi connectivity index (χ1) is 8.65. The standard InChI is InChI=1S/C7H10N2O.C7H7N/c1-6(2)10-7-3-4-8-5-9-7;1-5-2-3-6-7(4-5)8-6/h3-6H,1-2H3;2-4,8H,1H3. The van der Waals surface area contributed by atoms with Crippen LogP contribution in [-0.4, -0.2) is 16.1 Å². The Balaban J connectivity index is 0.000000136. The van der Waals surface area contributed by atoms with Crippen LogP contribution in [0.25, 0.3) is 0 Å². The van der Waals surface area contributed by atoms with Crippen LogP contribution in [0.5, 0.6) is 5.88 Å². The Bertz CT molecular complexity index is 511. The average Bonchev–Trinajstić information content (AvgIpc) is 3.08. The normalized spacial score (nSPS) is 10.9. The zero-order valence-electron chi connectivity index (χ0n) is 10.8. The van der Waals surface area contributed by atoms with Crippen LogP contribution in [-0.2, 0) is 0 Å². The Labute approximate surface area is 107 Å². The van der Waals surface area contributed by atoms with Gasteiger partial charge in [0.05, 0.1) is 17.5 Å². The Morgan fingerprint density at radius 2 is 2.00 bits per heavy atom. The molecule has 1 aromatic heterocycles. The molecule has 0 spiro atoms. The molecule has 0 radical (unpaired) electrons. The van der Waals surface area contributed by atoms with E-state index in [4.69, 9.17) is 4.74 Å². The van der Waals surface area contributed by atoms with E-state index in [9.17, 15) is 0 Å². The van der Waals surface area contributed by atoms with Crippen LogP contribution in [0.15, 0.2) is 36.8 Å². The summed E-state index contributed by atoms with van der Waals surface area (Å²) in [7, 11) is 0. The van der Waals surface area contributed by atoms with Crippen LogP contribution in [0.3, 0.4) is 0 Å². The topological polar surface area (TPSA) is 57.0 Å². The van der Waals surface area contributed by atoms with Crippen LogP contribution >= 0.6 is 0 Å². The van der Waals surface area contributed by atoms with E-state index in [1.165, 1.54) is 23.3 Å². The molecule has 0 atom stereocenters. The third-order valence-corrected chi connectivity index (χ3v) is 2.29. The molecule has 0 amide bonds. The molecule has 2 heterocycles. The van der Waals surface area contributed by atoms with Gasteiger partial charge in [-0.2, -0.15) is 0 Å². The summed E-state index contributed by atoms with van der Waals surface area (Å²) in [5.41, 5.74) is 3.91. The minimum atomic E-state index is 0.176. The van der Waals surface area contributed by atoms with Gasteiger partial charge in [0, 0.05) is 12.3 Å². The summed E-state index contributed by atoms with van der Waals surface area (Å²) in [6.45, 7) is 6.02. The summed E-state index contributed by atoms with van der Waals surface area (Å²) in [4.78, 5) is 7.65. The van der Waals surface area contributed by atoms with Crippen molar-refractivity contribution in [3.8, 4) is 5.88 Å². The molecule has 0 aliphatic carbocycles. The molecule has 0 saturated heterocycles. The van der Waals surface area contributed by atoms with E-state index in [1.807, 2.05) is 13.8 Å². The Kier molecular flexibility index (Phi) is 3.77. The van der Waals surface area contributed by atoms with Crippen molar-refractivity contribution >= 4 is 11.4 Å². The number of anilines is 2. The highest BCUT2D eigenvalue weighted by molar-refractivity contribution is 5.90. The summed E-state index contributed by atoms with van der Waals surface area (Å²) in [6, 6.07) is 8.10. The first-order valence-corrected chi connectivity index (χ1v) is 5.95. The number of fused-ring (bicyclic) bond motifs is 1. The van der Waals surface area contributed by atoms with Crippen molar-refractivity contribution in [3.05, 3.63) is 42.4 Å². The molecule has 0 saturated carbocycles. The number of nitrogens with zero attached hydrogens (tertiary/aromatic N) is 2. The van der Waals surface area contributed by atoms with E-state index in [1.54, 1.807) is 12.3 Å². The molecule has 94 valence electrons. The van der Waals surface area contributed by atoms with E-state index >= 15 is 0 Å². The van der Waals surface area contributed by atoms with Crippen molar-refractivity contribution < 1.29 is 4.74 Å². The van der Waals surface area contributed by atoms with Crippen LogP contribution < -0.4 is 10.1 Å². The largest absolute Gasteiger partial charge is 0.475 e. The van der Waals surface area contributed by atoms with Crippen LogP contribution in [0.1, 0.15) is 19.4 Å². The average molecular weight is 243 g/mol. The summed E-state index contributed by atoms with van der Waals surface area (Å²) >= 11 is 0. The highest BCUT2D eigenvalue weighted by Crippen LogP contribution is 2.38. The third kappa shape index (κ3) is 3.73. The fourth-order valence-corrected chi connectivity index (χ4v) is 1.44. The lowest BCUT2D eigenvalue weighted by Gasteiger charge is -2.06. The number of hydrogen-bond acceptors (Lipinski definition) is 4. The van der Waals surface area contributed by atoms with Crippen LogP contribution in [0.4, 0.5) is 11.4 Å². The number of hydrogen-bond donors (Lipinski definition) is 1. The number of rotatable bonds is 2. The highest BCUT2D eigenvalue weighted by Gasteiger charge is 2.12. The van der Waals surface area contributed by atoms with Gasteiger partial charge < -0.3 is 10.1 Å². The van der Waals surface area contributed by atoms with E-state index in [-0.39, 0.29) is 6.10 Å². The molecular formula is C14H17N3O. The monoisotopic (exact) mass is 243 g/mol. The number of ether oxygens (including phenoxy) is 1. The van der Waals surface area contributed by atoms with E-state index in [0.717, 1.165) is 0 Å². The van der Waals surface area contributed by atoms with E-state index < -0.39 is 0 Å². The minimum absolute atomic E-state index is 0.176. The maximum atomic E-state index is 5.26. The third-order valence-electron chi connectivity index (χ3n) is 2.29. The van der Waals surface area contributed by atoms with Gasteiger partial charge in [-0.15, -0.1) is 0 Å². The summed E-state index contributed by atoms with van der Waals surface area (Å²) in [5.74, 6) is 0.630. The van der Waals surface area contributed by atoms with Gasteiger partial charge in [0.2, 0.25) is 5.88 Å². The molecule has 4 heteroatoms. The summed E-state index contributed by atoms with van der Waals surface area (Å²) in [6.07, 6.45) is 3.30. The van der Waals surface area contributed by atoms with Crippen molar-refractivity contribution in [1.82, 2.24) is 9.97 Å². The minimum Gasteiger partial charge on any atom is -0.475 e. The van der Waals surface area contributed by atoms with Crippen LogP contribution in [0.2, 0.25) is 0 Å². The molecular weight excluding hydrogens is 226 g/mol. The fraction of sp³-hybridized carbons (Fsp3) is 0.286. The second kappa shape index (κ2) is 5.49. The second-order valence-corrected chi connectivity index (χ2v) is 4.39. The number of nitrogens with one attached hydrogen (secondary N) is 1. The lowest BCUT2D eigenvalue weighted by Crippen LogP contribution is -2.06. The zero-order valence-corrected chi connectivity index (χ0v) is 10.8. The molecule has 3 rings (SSSR count).